The van der Waals surface area contributed by atoms with E-state index in [1.165, 1.54) is 0 Å². The number of nitrogens with zero attached hydrogens (tertiary/aromatic N) is 1. The van der Waals surface area contributed by atoms with E-state index in [9.17, 15) is 9.59 Å². The minimum absolute atomic E-state index is 0.0631. The Morgan fingerprint density at radius 2 is 2.21 bits per heavy atom. The van der Waals surface area contributed by atoms with Crippen molar-refractivity contribution in [2.45, 2.75) is 19.8 Å². The number of hydrogen-bond acceptors (Lipinski definition) is 3. The van der Waals surface area contributed by atoms with Gasteiger partial charge >= 0.3 is 0 Å². The quantitative estimate of drug-likeness (QED) is 0.696. The molecule has 4 heteroatoms. The second kappa shape index (κ2) is 5.10. The van der Waals surface area contributed by atoms with E-state index in [1.54, 1.807) is 14.0 Å². The van der Waals surface area contributed by atoms with Crippen molar-refractivity contribution < 1.29 is 9.59 Å². The summed E-state index contributed by atoms with van der Waals surface area (Å²) in [6, 6.07) is 0. The predicted molar refractivity (Wildman–Crippen MR) is 53.9 cm³/mol. The maximum atomic E-state index is 11.4. The lowest BCUT2D eigenvalue weighted by Crippen LogP contribution is -2.43. The third-order valence-corrected chi connectivity index (χ3v) is 2.57. The lowest BCUT2D eigenvalue weighted by atomic mass is 9.97. The second-order valence-electron chi connectivity index (χ2n) is 3.89. The van der Waals surface area contributed by atoms with Gasteiger partial charge in [0.25, 0.3) is 0 Å². The Morgan fingerprint density at radius 1 is 1.50 bits per heavy atom. The highest BCUT2D eigenvalue weighted by Gasteiger charge is 2.25. The summed E-state index contributed by atoms with van der Waals surface area (Å²) in [6.45, 7) is 3.73. The minimum atomic E-state index is 0.0631. The van der Waals surface area contributed by atoms with Crippen molar-refractivity contribution >= 4 is 11.7 Å². The van der Waals surface area contributed by atoms with Crippen molar-refractivity contribution in [3.8, 4) is 0 Å². The molecule has 0 radical (unpaired) electrons. The molecule has 1 rings (SSSR count). The number of piperidine rings is 1. The maximum Gasteiger partial charge on any atom is 0.224 e. The molecule has 14 heavy (non-hydrogen) atoms. The standard InChI is InChI=1S/C10H18N2O2/c1-8(13)6-12-5-3-4-9(7-12)10(14)11-2/h9H,3-7H2,1-2H3,(H,11,14). The Kier molecular flexibility index (Phi) is 4.07. The Morgan fingerprint density at radius 3 is 2.79 bits per heavy atom. The van der Waals surface area contributed by atoms with Crippen molar-refractivity contribution in [1.29, 1.82) is 0 Å². The molecule has 0 aromatic rings. The first-order valence-electron chi connectivity index (χ1n) is 5.07. The molecular formula is C10H18N2O2. The van der Waals surface area contributed by atoms with E-state index in [2.05, 4.69) is 10.2 Å². The first-order valence-corrected chi connectivity index (χ1v) is 5.07. The smallest absolute Gasteiger partial charge is 0.224 e. The van der Waals surface area contributed by atoms with Crippen LogP contribution in [0.3, 0.4) is 0 Å². The van der Waals surface area contributed by atoms with Crippen LogP contribution in [0.15, 0.2) is 0 Å². The third-order valence-electron chi connectivity index (χ3n) is 2.57. The van der Waals surface area contributed by atoms with Crippen LogP contribution < -0.4 is 5.32 Å². The predicted octanol–water partition coefficient (Wildman–Crippen LogP) is 0.0334. The summed E-state index contributed by atoms with van der Waals surface area (Å²) in [4.78, 5) is 24.4. The Bertz CT molecular complexity index is 228. The fraction of sp³-hybridized carbons (Fsp3) is 0.800. The van der Waals surface area contributed by atoms with Gasteiger partial charge in [0.1, 0.15) is 5.78 Å². The average molecular weight is 198 g/mol. The van der Waals surface area contributed by atoms with E-state index in [0.717, 1.165) is 25.9 Å². The first-order chi connectivity index (χ1) is 6.63. The summed E-state index contributed by atoms with van der Waals surface area (Å²) in [6.07, 6.45) is 1.94. The molecule has 0 spiro atoms. The van der Waals surface area contributed by atoms with E-state index in [0.29, 0.717) is 6.54 Å². The normalized spacial score (nSPS) is 23.1. The minimum Gasteiger partial charge on any atom is -0.359 e. The summed E-state index contributed by atoms with van der Waals surface area (Å²) >= 11 is 0. The average Bonchev–Trinajstić information content (AvgIpc) is 2.16. The number of ketones is 1. The van der Waals surface area contributed by atoms with E-state index < -0.39 is 0 Å². The van der Waals surface area contributed by atoms with Crippen LogP contribution in [0.25, 0.3) is 0 Å². The van der Waals surface area contributed by atoms with Crippen LogP contribution >= 0.6 is 0 Å². The van der Waals surface area contributed by atoms with Gasteiger partial charge in [-0.1, -0.05) is 0 Å². The van der Waals surface area contributed by atoms with Crippen LogP contribution in [0.5, 0.6) is 0 Å². The molecule has 1 saturated heterocycles. The SMILES string of the molecule is CNC(=O)C1CCCN(CC(C)=O)C1. The number of rotatable bonds is 3. The molecule has 0 aliphatic carbocycles. The number of carbonyl (C=O) groups excluding carboxylic acids is 2. The van der Waals surface area contributed by atoms with Crippen LogP contribution in [-0.4, -0.2) is 43.3 Å². The van der Waals surface area contributed by atoms with Gasteiger partial charge in [-0.15, -0.1) is 0 Å². The summed E-state index contributed by atoms with van der Waals surface area (Å²) in [7, 11) is 1.66. The maximum absolute atomic E-state index is 11.4. The lowest BCUT2D eigenvalue weighted by molar-refractivity contribution is -0.127. The van der Waals surface area contributed by atoms with Gasteiger partial charge < -0.3 is 5.32 Å². The van der Waals surface area contributed by atoms with Crippen molar-refractivity contribution in [2.75, 3.05) is 26.7 Å². The Hall–Kier alpha value is -0.900. The zero-order chi connectivity index (χ0) is 10.6. The molecule has 0 aromatic carbocycles. The fourth-order valence-corrected chi connectivity index (χ4v) is 1.93. The zero-order valence-electron chi connectivity index (χ0n) is 8.88. The molecule has 1 unspecified atom stereocenters. The molecule has 1 fully saturated rings. The molecule has 1 atom stereocenters. The van der Waals surface area contributed by atoms with E-state index in [4.69, 9.17) is 0 Å². The van der Waals surface area contributed by atoms with Crippen molar-refractivity contribution in [3.63, 3.8) is 0 Å². The monoisotopic (exact) mass is 198 g/mol. The molecule has 0 bridgehead atoms. The second-order valence-corrected chi connectivity index (χ2v) is 3.89. The largest absolute Gasteiger partial charge is 0.359 e. The van der Waals surface area contributed by atoms with Crippen LogP contribution in [0, 0.1) is 5.92 Å². The number of Topliss-reactive ketones (excluding diaryl/α,β-unsaturated/α-hetero) is 1. The Balaban J connectivity index is 2.43. The molecule has 1 N–H and O–H groups in total. The van der Waals surface area contributed by atoms with E-state index in [1.807, 2.05) is 0 Å². The van der Waals surface area contributed by atoms with Gasteiger partial charge in [-0.3, -0.25) is 14.5 Å². The van der Waals surface area contributed by atoms with Crippen LogP contribution in [-0.2, 0) is 9.59 Å². The molecule has 1 aliphatic rings. The third kappa shape index (κ3) is 3.10. The van der Waals surface area contributed by atoms with Gasteiger partial charge in [0.15, 0.2) is 0 Å². The van der Waals surface area contributed by atoms with E-state index >= 15 is 0 Å². The molecule has 80 valence electrons. The summed E-state index contributed by atoms with van der Waals surface area (Å²) in [5, 5.41) is 2.66. The number of amides is 1. The summed E-state index contributed by atoms with van der Waals surface area (Å²) in [5.74, 6) is 0.328. The Labute approximate surface area is 84.7 Å². The van der Waals surface area contributed by atoms with Gasteiger partial charge in [0, 0.05) is 13.6 Å². The fourth-order valence-electron chi connectivity index (χ4n) is 1.93. The molecule has 0 saturated carbocycles. The molecule has 1 amide bonds. The van der Waals surface area contributed by atoms with Gasteiger partial charge in [-0.25, -0.2) is 0 Å². The highest BCUT2D eigenvalue weighted by molar-refractivity contribution is 5.79. The highest BCUT2D eigenvalue weighted by Crippen LogP contribution is 2.15. The highest BCUT2D eigenvalue weighted by atomic mass is 16.2. The van der Waals surface area contributed by atoms with Gasteiger partial charge in [0.2, 0.25) is 5.91 Å². The first kappa shape index (κ1) is 11.2. The van der Waals surface area contributed by atoms with Gasteiger partial charge in [-0.2, -0.15) is 0 Å². The molecule has 4 nitrogen and oxygen atoms in total. The van der Waals surface area contributed by atoms with Crippen LogP contribution in [0.4, 0.5) is 0 Å². The number of carbonyl (C=O) groups is 2. The topological polar surface area (TPSA) is 49.4 Å². The zero-order valence-corrected chi connectivity index (χ0v) is 8.88. The number of nitrogens with one attached hydrogen (secondary N) is 1. The van der Waals surface area contributed by atoms with Gasteiger partial charge in [0.05, 0.1) is 12.5 Å². The van der Waals surface area contributed by atoms with Crippen LogP contribution in [0.2, 0.25) is 0 Å². The molecule has 1 aliphatic heterocycles. The van der Waals surface area contributed by atoms with Gasteiger partial charge in [-0.05, 0) is 26.3 Å². The van der Waals surface area contributed by atoms with Crippen molar-refractivity contribution in [2.24, 2.45) is 5.92 Å². The molecule has 1 heterocycles. The van der Waals surface area contributed by atoms with Crippen LogP contribution in [0.1, 0.15) is 19.8 Å². The number of likely N-dealkylation sites (tertiary alicyclic amines) is 1. The summed E-state index contributed by atoms with van der Waals surface area (Å²) < 4.78 is 0. The number of hydrogen-bond donors (Lipinski definition) is 1. The van der Waals surface area contributed by atoms with Crippen molar-refractivity contribution in [3.05, 3.63) is 0 Å². The van der Waals surface area contributed by atoms with E-state index in [-0.39, 0.29) is 17.6 Å². The van der Waals surface area contributed by atoms with Crippen molar-refractivity contribution in [1.82, 2.24) is 10.2 Å². The molecule has 0 aromatic heterocycles. The summed E-state index contributed by atoms with van der Waals surface area (Å²) in [5.41, 5.74) is 0. The molecular weight excluding hydrogens is 180 g/mol. The lowest BCUT2D eigenvalue weighted by Gasteiger charge is -2.30.